The fourth-order valence-electron chi connectivity index (χ4n) is 1.59. The molecular formula is C12H20BrN3O2S. The molecule has 0 aromatic carbocycles. The maximum atomic E-state index is 12.5. The molecule has 0 atom stereocenters. The fraction of sp³-hybridized carbons (Fsp3) is 0.583. The second kappa shape index (κ2) is 7.21. The summed E-state index contributed by atoms with van der Waals surface area (Å²) in [5, 5.41) is 2.98. The molecule has 0 spiro atoms. The highest BCUT2D eigenvalue weighted by Gasteiger charge is 2.24. The second-order valence-electron chi connectivity index (χ2n) is 4.21. The Kier molecular flexibility index (Phi) is 6.22. The molecule has 1 aromatic heterocycles. The van der Waals surface area contributed by atoms with Crippen molar-refractivity contribution in [2.24, 2.45) is 0 Å². The van der Waals surface area contributed by atoms with E-state index in [0.717, 1.165) is 12.8 Å². The van der Waals surface area contributed by atoms with Gasteiger partial charge in [-0.3, -0.25) is 0 Å². The van der Waals surface area contributed by atoms with E-state index in [1.165, 1.54) is 4.31 Å². The van der Waals surface area contributed by atoms with E-state index in [2.05, 4.69) is 26.2 Å². The summed E-state index contributed by atoms with van der Waals surface area (Å²) in [5.74, 6) is 0.397. The first-order valence-electron chi connectivity index (χ1n) is 6.29. The molecule has 0 fully saturated rings. The maximum Gasteiger partial charge on any atom is 0.246 e. The summed E-state index contributed by atoms with van der Waals surface area (Å²) < 4.78 is 27.0. The molecule has 1 N–H and O–H groups in total. The van der Waals surface area contributed by atoms with Gasteiger partial charge in [-0.2, -0.15) is 0 Å². The molecule has 108 valence electrons. The summed E-state index contributed by atoms with van der Waals surface area (Å²) in [6.07, 6.45) is 3.38. The van der Waals surface area contributed by atoms with Crippen LogP contribution in [-0.4, -0.2) is 37.8 Å². The van der Waals surface area contributed by atoms with E-state index < -0.39 is 10.0 Å². The van der Waals surface area contributed by atoms with E-state index >= 15 is 0 Å². The molecule has 0 aliphatic rings. The summed E-state index contributed by atoms with van der Waals surface area (Å²) in [7, 11) is -1.91. The van der Waals surface area contributed by atoms with Crippen LogP contribution in [0.3, 0.4) is 0 Å². The number of nitrogens with zero attached hydrogens (tertiary/aromatic N) is 2. The predicted octanol–water partition coefficient (Wildman–Crippen LogP) is 2.70. The Bertz CT molecular complexity index is 520. The summed E-state index contributed by atoms with van der Waals surface area (Å²) in [4.78, 5) is 4.34. The van der Waals surface area contributed by atoms with Crippen LogP contribution in [0, 0.1) is 0 Å². The van der Waals surface area contributed by atoms with E-state index in [-0.39, 0.29) is 4.90 Å². The number of pyridine rings is 1. The van der Waals surface area contributed by atoms with E-state index in [4.69, 9.17) is 0 Å². The Balaban J connectivity index is 3.15. The highest BCUT2D eigenvalue weighted by atomic mass is 79.9. The molecule has 1 heterocycles. The van der Waals surface area contributed by atoms with Crippen molar-refractivity contribution in [2.75, 3.05) is 25.5 Å². The molecule has 5 nitrogen and oxygen atoms in total. The lowest BCUT2D eigenvalue weighted by atomic mass is 10.3. The lowest BCUT2D eigenvalue weighted by molar-refractivity contribution is 0.459. The second-order valence-corrected chi connectivity index (χ2v) is 7.14. The van der Waals surface area contributed by atoms with Crippen molar-refractivity contribution in [3.05, 3.63) is 16.7 Å². The van der Waals surface area contributed by atoms with Crippen LogP contribution in [-0.2, 0) is 10.0 Å². The third kappa shape index (κ3) is 4.15. The zero-order valence-electron chi connectivity index (χ0n) is 11.5. The lowest BCUT2D eigenvalue weighted by Gasteiger charge is -2.19. The molecule has 0 aliphatic carbocycles. The quantitative estimate of drug-likeness (QED) is 0.821. The normalized spacial score (nSPS) is 11.8. The molecule has 0 radical (unpaired) electrons. The van der Waals surface area contributed by atoms with Gasteiger partial charge in [0.15, 0.2) is 0 Å². The molecule has 7 heteroatoms. The zero-order valence-corrected chi connectivity index (χ0v) is 13.9. The summed E-state index contributed by atoms with van der Waals surface area (Å²) in [5.41, 5.74) is 0. The molecular weight excluding hydrogens is 330 g/mol. The summed E-state index contributed by atoms with van der Waals surface area (Å²) in [6, 6.07) is 1.59. The highest BCUT2D eigenvalue weighted by molar-refractivity contribution is 9.10. The van der Waals surface area contributed by atoms with Gasteiger partial charge < -0.3 is 5.32 Å². The van der Waals surface area contributed by atoms with Gasteiger partial charge in [0.2, 0.25) is 10.0 Å². The summed E-state index contributed by atoms with van der Waals surface area (Å²) in [6.45, 7) is 5.07. The molecule has 0 unspecified atom stereocenters. The van der Waals surface area contributed by atoms with Crippen molar-refractivity contribution in [3.63, 3.8) is 0 Å². The van der Waals surface area contributed by atoms with Gasteiger partial charge in [0, 0.05) is 30.8 Å². The van der Waals surface area contributed by atoms with Crippen LogP contribution >= 0.6 is 15.9 Å². The van der Waals surface area contributed by atoms with Crippen LogP contribution in [0.15, 0.2) is 21.6 Å². The number of hydrogen-bond donors (Lipinski definition) is 1. The number of aromatic nitrogens is 1. The first-order chi connectivity index (χ1) is 8.93. The smallest absolute Gasteiger partial charge is 0.246 e. The molecule has 1 rings (SSSR count). The molecule has 0 saturated carbocycles. The lowest BCUT2D eigenvalue weighted by Crippen LogP contribution is -2.29. The van der Waals surface area contributed by atoms with Gasteiger partial charge in [-0.1, -0.05) is 13.3 Å². The number of rotatable bonds is 7. The number of hydrogen-bond acceptors (Lipinski definition) is 4. The van der Waals surface area contributed by atoms with Crippen molar-refractivity contribution in [3.8, 4) is 0 Å². The topological polar surface area (TPSA) is 62.3 Å². The van der Waals surface area contributed by atoms with Gasteiger partial charge in [-0.15, -0.1) is 0 Å². The van der Waals surface area contributed by atoms with E-state index in [0.29, 0.717) is 23.4 Å². The number of sulfonamides is 1. The molecule has 0 aliphatic heterocycles. The fourth-order valence-corrected chi connectivity index (χ4v) is 3.42. The first kappa shape index (κ1) is 16.4. The van der Waals surface area contributed by atoms with Crippen LogP contribution in [0.4, 0.5) is 5.82 Å². The number of nitrogens with one attached hydrogen (secondary N) is 1. The van der Waals surface area contributed by atoms with Crippen LogP contribution < -0.4 is 5.32 Å². The number of halogens is 1. The molecule has 19 heavy (non-hydrogen) atoms. The van der Waals surface area contributed by atoms with Crippen LogP contribution in [0.1, 0.15) is 26.7 Å². The average molecular weight is 350 g/mol. The molecule has 0 saturated heterocycles. The van der Waals surface area contributed by atoms with Gasteiger partial charge in [0.1, 0.15) is 10.7 Å². The van der Waals surface area contributed by atoms with Crippen molar-refractivity contribution in [1.29, 1.82) is 0 Å². The number of anilines is 1. The van der Waals surface area contributed by atoms with E-state index in [9.17, 15) is 8.42 Å². The minimum Gasteiger partial charge on any atom is -0.369 e. The van der Waals surface area contributed by atoms with E-state index in [1.54, 1.807) is 19.3 Å². The van der Waals surface area contributed by atoms with Crippen LogP contribution in [0.25, 0.3) is 0 Å². The highest BCUT2D eigenvalue weighted by Crippen LogP contribution is 2.25. The Morgan fingerprint density at radius 2 is 2.11 bits per heavy atom. The Labute approximate surface area is 123 Å². The largest absolute Gasteiger partial charge is 0.369 e. The minimum atomic E-state index is -3.51. The Morgan fingerprint density at radius 1 is 1.42 bits per heavy atom. The maximum absolute atomic E-state index is 12.5. The van der Waals surface area contributed by atoms with Crippen molar-refractivity contribution in [2.45, 2.75) is 31.6 Å². The van der Waals surface area contributed by atoms with Crippen molar-refractivity contribution in [1.82, 2.24) is 9.29 Å². The Hall–Kier alpha value is -0.660. The predicted molar refractivity (Wildman–Crippen MR) is 80.8 cm³/mol. The first-order valence-corrected chi connectivity index (χ1v) is 8.52. The van der Waals surface area contributed by atoms with Gasteiger partial charge in [-0.25, -0.2) is 17.7 Å². The number of unbranched alkanes of at least 4 members (excludes halogenated alkanes) is 1. The molecule has 0 bridgehead atoms. The van der Waals surface area contributed by atoms with Gasteiger partial charge in [-0.05, 0) is 35.3 Å². The van der Waals surface area contributed by atoms with Gasteiger partial charge >= 0.3 is 0 Å². The molecule has 1 aromatic rings. The standard InChI is InChI=1S/C12H20BrN3O2S/c1-4-6-7-16(3)19(17,18)11-8-10(13)9-15-12(11)14-5-2/h8-9H,4-7H2,1-3H3,(H,14,15). The third-order valence-electron chi connectivity index (χ3n) is 2.68. The van der Waals surface area contributed by atoms with Gasteiger partial charge in [0.05, 0.1) is 0 Å². The Morgan fingerprint density at radius 3 is 2.68 bits per heavy atom. The van der Waals surface area contributed by atoms with Crippen LogP contribution in [0.2, 0.25) is 0 Å². The monoisotopic (exact) mass is 349 g/mol. The van der Waals surface area contributed by atoms with Gasteiger partial charge in [0.25, 0.3) is 0 Å². The zero-order chi connectivity index (χ0) is 14.5. The van der Waals surface area contributed by atoms with Crippen LogP contribution in [0.5, 0.6) is 0 Å². The minimum absolute atomic E-state index is 0.210. The van der Waals surface area contributed by atoms with Crippen molar-refractivity contribution >= 4 is 31.8 Å². The average Bonchev–Trinajstić information content (AvgIpc) is 2.38. The van der Waals surface area contributed by atoms with E-state index in [1.807, 2.05) is 13.8 Å². The molecule has 0 amide bonds. The third-order valence-corrected chi connectivity index (χ3v) is 4.98. The van der Waals surface area contributed by atoms with Crippen molar-refractivity contribution < 1.29 is 8.42 Å². The summed E-state index contributed by atoms with van der Waals surface area (Å²) >= 11 is 3.27. The SMILES string of the molecule is CCCCN(C)S(=O)(=O)c1cc(Br)cnc1NCC.